The summed E-state index contributed by atoms with van der Waals surface area (Å²) in [7, 11) is 0. The van der Waals surface area contributed by atoms with Crippen molar-refractivity contribution in [1.82, 2.24) is 4.98 Å². The van der Waals surface area contributed by atoms with Crippen molar-refractivity contribution in [2.75, 3.05) is 6.61 Å². The molecule has 0 aliphatic carbocycles. The van der Waals surface area contributed by atoms with E-state index in [0.29, 0.717) is 0 Å². The zero-order valence-electron chi connectivity index (χ0n) is 16.3. The fourth-order valence-corrected chi connectivity index (χ4v) is 4.35. The van der Waals surface area contributed by atoms with Crippen molar-refractivity contribution in [3.8, 4) is 0 Å². The van der Waals surface area contributed by atoms with Crippen LogP contribution >= 0.6 is 27.3 Å². The van der Waals surface area contributed by atoms with E-state index in [4.69, 9.17) is 9.47 Å². The van der Waals surface area contributed by atoms with Crippen LogP contribution < -0.4 is 4.87 Å². The van der Waals surface area contributed by atoms with Crippen molar-refractivity contribution < 1.29 is 14.3 Å². The smallest absolute Gasteiger partial charge is 0.311 e. The topological polar surface area (TPSA) is 68.4 Å². The lowest BCUT2D eigenvalue weighted by atomic mass is 9.97. The molecular weight excluding hydrogens is 418 g/mol. The number of carbonyl (C=O) groups excluding carboxylic acids is 1. The van der Waals surface area contributed by atoms with Crippen LogP contribution in [-0.4, -0.2) is 23.2 Å². The molecule has 0 unspecified atom stereocenters. The molecule has 1 aromatic carbocycles. The Bertz CT molecular complexity index is 871. The second kappa shape index (κ2) is 7.44. The fourth-order valence-electron chi connectivity index (χ4n) is 2.56. The third kappa shape index (κ3) is 4.96. The van der Waals surface area contributed by atoms with Gasteiger partial charge in [0.1, 0.15) is 12.7 Å². The van der Waals surface area contributed by atoms with Gasteiger partial charge in [0.2, 0.25) is 0 Å². The maximum atomic E-state index is 12.2. The number of H-pyrrole nitrogens is 1. The molecule has 1 heterocycles. The van der Waals surface area contributed by atoms with Gasteiger partial charge in [-0.1, -0.05) is 11.3 Å². The van der Waals surface area contributed by atoms with Crippen LogP contribution in [0.25, 0.3) is 10.2 Å². The largest absolute Gasteiger partial charge is 0.462 e. The van der Waals surface area contributed by atoms with E-state index < -0.39 is 17.1 Å². The van der Waals surface area contributed by atoms with E-state index in [9.17, 15) is 9.59 Å². The molecule has 1 N–H and O–H groups in total. The predicted octanol–water partition coefficient (Wildman–Crippen LogP) is 5.11. The summed E-state index contributed by atoms with van der Waals surface area (Å²) in [5.41, 5.74) is 1.63. The van der Waals surface area contributed by atoms with E-state index in [1.165, 1.54) is 0 Å². The SMILES string of the molecule is Cc1cc2[nH]c(=O)sc2c(Br)c1[C@H](COC(=O)C(C)(C)C)OC(C)(C)C. The van der Waals surface area contributed by atoms with Crippen LogP contribution in [0.2, 0.25) is 0 Å². The number of fused-ring (bicyclic) bond motifs is 1. The highest BCUT2D eigenvalue weighted by molar-refractivity contribution is 9.10. The average Bonchev–Trinajstić information content (AvgIpc) is 2.82. The summed E-state index contributed by atoms with van der Waals surface area (Å²) in [5.74, 6) is -0.277. The van der Waals surface area contributed by atoms with Crippen LogP contribution in [0.15, 0.2) is 15.3 Å². The van der Waals surface area contributed by atoms with Gasteiger partial charge in [0.15, 0.2) is 0 Å². The number of halogens is 1. The molecule has 0 saturated heterocycles. The van der Waals surface area contributed by atoms with Crippen LogP contribution in [-0.2, 0) is 14.3 Å². The average molecular weight is 444 g/mol. The first-order chi connectivity index (χ1) is 11.8. The number of benzene rings is 1. The normalized spacial score (nSPS) is 13.8. The lowest BCUT2D eigenvalue weighted by molar-refractivity contribution is -0.162. The third-order valence-corrected chi connectivity index (χ3v) is 5.70. The van der Waals surface area contributed by atoms with Gasteiger partial charge in [-0.05, 0) is 76.0 Å². The number of aryl methyl sites for hydroxylation is 1. The Morgan fingerprint density at radius 2 is 1.88 bits per heavy atom. The molecular formula is C19H26BrNO4S. The van der Waals surface area contributed by atoms with Gasteiger partial charge >= 0.3 is 10.8 Å². The Balaban J connectivity index is 2.46. The highest BCUT2D eigenvalue weighted by atomic mass is 79.9. The van der Waals surface area contributed by atoms with Crippen LogP contribution in [0.4, 0.5) is 0 Å². The molecule has 0 bridgehead atoms. The summed E-state index contributed by atoms with van der Waals surface area (Å²) >= 11 is 4.78. The van der Waals surface area contributed by atoms with E-state index in [1.807, 2.05) is 54.5 Å². The first-order valence-electron chi connectivity index (χ1n) is 8.46. The number of hydrogen-bond donors (Lipinski definition) is 1. The van der Waals surface area contributed by atoms with Gasteiger partial charge in [0, 0.05) is 10.0 Å². The monoisotopic (exact) mass is 443 g/mol. The Hall–Kier alpha value is -1.18. The zero-order valence-corrected chi connectivity index (χ0v) is 18.7. The van der Waals surface area contributed by atoms with Crippen LogP contribution in [0.5, 0.6) is 0 Å². The number of hydrogen-bond acceptors (Lipinski definition) is 5. The molecule has 1 atom stereocenters. The molecule has 0 radical (unpaired) electrons. The van der Waals surface area contributed by atoms with Gasteiger partial charge in [-0.15, -0.1) is 0 Å². The van der Waals surface area contributed by atoms with Gasteiger partial charge in [-0.2, -0.15) is 0 Å². The lowest BCUT2D eigenvalue weighted by Gasteiger charge is -2.30. The Kier molecular flexibility index (Phi) is 6.05. The van der Waals surface area contributed by atoms with Crippen LogP contribution in [0, 0.1) is 12.3 Å². The molecule has 0 spiro atoms. The number of nitrogens with one attached hydrogen (secondary N) is 1. The molecule has 144 valence electrons. The summed E-state index contributed by atoms with van der Waals surface area (Å²) in [5, 5.41) is 0. The Morgan fingerprint density at radius 1 is 1.27 bits per heavy atom. The van der Waals surface area contributed by atoms with Crippen molar-refractivity contribution in [2.45, 2.75) is 60.2 Å². The highest BCUT2D eigenvalue weighted by Gasteiger charge is 2.29. The fraction of sp³-hybridized carbons (Fsp3) is 0.579. The Labute approximate surface area is 166 Å². The van der Waals surface area contributed by atoms with Crippen LogP contribution in [0.3, 0.4) is 0 Å². The van der Waals surface area contributed by atoms with Crippen molar-refractivity contribution in [3.05, 3.63) is 31.3 Å². The van der Waals surface area contributed by atoms with Gasteiger partial charge in [0.25, 0.3) is 0 Å². The maximum Gasteiger partial charge on any atom is 0.311 e. The minimum absolute atomic E-state index is 0.107. The number of thiazole rings is 1. The molecule has 1 aromatic heterocycles. The third-order valence-electron chi connectivity index (χ3n) is 3.69. The highest BCUT2D eigenvalue weighted by Crippen LogP contribution is 2.38. The van der Waals surface area contributed by atoms with E-state index in [2.05, 4.69) is 20.9 Å². The zero-order chi connectivity index (χ0) is 19.9. The van der Waals surface area contributed by atoms with E-state index in [1.54, 1.807) is 0 Å². The number of aromatic amines is 1. The molecule has 0 aliphatic heterocycles. The number of ether oxygens (including phenoxy) is 2. The minimum Gasteiger partial charge on any atom is -0.462 e. The molecule has 0 aliphatic rings. The minimum atomic E-state index is -0.581. The van der Waals surface area contributed by atoms with Crippen molar-refractivity contribution >= 4 is 43.5 Å². The van der Waals surface area contributed by atoms with Gasteiger partial charge in [-0.3, -0.25) is 9.59 Å². The molecule has 5 nitrogen and oxygen atoms in total. The summed E-state index contributed by atoms with van der Waals surface area (Å²) in [6.07, 6.45) is -0.447. The number of aromatic nitrogens is 1. The van der Waals surface area contributed by atoms with E-state index in [-0.39, 0.29) is 17.4 Å². The van der Waals surface area contributed by atoms with Gasteiger partial charge in [-0.25, -0.2) is 0 Å². The maximum absolute atomic E-state index is 12.2. The second-order valence-electron chi connectivity index (χ2n) is 8.38. The summed E-state index contributed by atoms with van der Waals surface area (Å²) in [6, 6.07) is 1.93. The molecule has 2 rings (SSSR count). The van der Waals surface area contributed by atoms with E-state index in [0.717, 1.165) is 37.2 Å². The molecule has 0 saturated carbocycles. The molecule has 0 amide bonds. The van der Waals surface area contributed by atoms with Crippen LogP contribution in [0.1, 0.15) is 58.8 Å². The van der Waals surface area contributed by atoms with Crippen molar-refractivity contribution in [1.29, 1.82) is 0 Å². The lowest BCUT2D eigenvalue weighted by Crippen LogP contribution is -2.29. The van der Waals surface area contributed by atoms with E-state index >= 15 is 0 Å². The standard InChI is InChI=1S/C19H26BrNO4S/c1-10-8-11-15(26-17(23)21-11)14(20)13(10)12(25-19(5,6)7)9-24-16(22)18(2,3)4/h8,12H,9H2,1-7H3,(H,21,23)/t12-/m0/s1. The molecule has 7 heteroatoms. The van der Waals surface area contributed by atoms with Gasteiger partial charge < -0.3 is 14.5 Å². The number of esters is 1. The number of carbonyl (C=O) groups is 1. The van der Waals surface area contributed by atoms with Crippen molar-refractivity contribution in [3.63, 3.8) is 0 Å². The molecule has 26 heavy (non-hydrogen) atoms. The quantitative estimate of drug-likeness (QED) is 0.666. The number of rotatable bonds is 4. The van der Waals surface area contributed by atoms with Crippen molar-refractivity contribution in [2.24, 2.45) is 5.41 Å². The van der Waals surface area contributed by atoms with Gasteiger partial charge in [0.05, 0.1) is 21.2 Å². The molecule has 0 fully saturated rings. The Morgan fingerprint density at radius 3 is 2.42 bits per heavy atom. The summed E-state index contributed by atoms with van der Waals surface area (Å²) in [6.45, 7) is 13.4. The summed E-state index contributed by atoms with van der Waals surface area (Å²) < 4.78 is 13.4. The summed E-state index contributed by atoms with van der Waals surface area (Å²) in [4.78, 5) is 26.7. The molecule has 2 aromatic rings. The predicted molar refractivity (Wildman–Crippen MR) is 109 cm³/mol. The second-order valence-corrected chi connectivity index (χ2v) is 10.2. The first kappa shape index (κ1) is 21.1. The first-order valence-corrected chi connectivity index (χ1v) is 10.1.